The minimum absolute atomic E-state index is 0.0816. The first kappa shape index (κ1) is 17.9. The lowest BCUT2D eigenvalue weighted by atomic mass is 10.1. The van der Waals surface area contributed by atoms with E-state index < -0.39 is 0 Å². The zero-order valence-electron chi connectivity index (χ0n) is 15.9. The van der Waals surface area contributed by atoms with E-state index in [-0.39, 0.29) is 5.91 Å². The zero-order chi connectivity index (χ0) is 18.6. The summed E-state index contributed by atoms with van der Waals surface area (Å²) in [5.41, 5.74) is 4.03. The van der Waals surface area contributed by atoms with Gasteiger partial charge in [0.2, 0.25) is 0 Å². The van der Waals surface area contributed by atoms with Crippen molar-refractivity contribution in [3.8, 4) is 0 Å². The van der Waals surface area contributed by atoms with Gasteiger partial charge in [-0.3, -0.25) is 9.69 Å². The summed E-state index contributed by atoms with van der Waals surface area (Å²) in [6, 6.07) is 10.3. The fourth-order valence-corrected chi connectivity index (χ4v) is 3.92. The summed E-state index contributed by atoms with van der Waals surface area (Å²) in [7, 11) is 0. The van der Waals surface area contributed by atoms with Crippen molar-refractivity contribution in [3.05, 3.63) is 64.7 Å². The summed E-state index contributed by atoms with van der Waals surface area (Å²) in [5.74, 6) is 0.793. The second kappa shape index (κ2) is 8.01. The summed E-state index contributed by atoms with van der Waals surface area (Å²) in [4.78, 5) is 26.4. The third-order valence-electron chi connectivity index (χ3n) is 5.38. The lowest BCUT2D eigenvalue weighted by Crippen LogP contribution is -2.49. The van der Waals surface area contributed by atoms with Crippen LogP contribution in [-0.4, -0.2) is 58.4 Å². The first-order valence-corrected chi connectivity index (χ1v) is 9.80. The van der Waals surface area contributed by atoms with Gasteiger partial charge in [-0.2, -0.15) is 0 Å². The molecule has 0 bridgehead atoms. The van der Waals surface area contributed by atoms with Gasteiger partial charge in [0.25, 0.3) is 5.91 Å². The molecule has 1 aromatic heterocycles. The molecule has 2 aliphatic rings. The average Bonchev–Trinajstić information content (AvgIpc) is 3.16. The number of piperazine rings is 1. The van der Waals surface area contributed by atoms with Gasteiger partial charge in [-0.1, -0.05) is 42.5 Å². The summed E-state index contributed by atoms with van der Waals surface area (Å²) in [5, 5.41) is 0. The molecular formula is C22H26N4O. The SMILES string of the molecule is Cc1nc2c(c(C(=O)N3CCN(C/C=C/c4ccccc4)CC3)n1)CCC2. The van der Waals surface area contributed by atoms with E-state index in [1.807, 2.05) is 17.9 Å². The van der Waals surface area contributed by atoms with Gasteiger partial charge < -0.3 is 4.90 Å². The molecule has 1 aromatic carbocycles. The van der Waals surface area contributed by atoms with E-state index in [9.17, 15) is 4.79 Å². The Labute approximate surface area is 160 Å². The maximum atomic E-state index is 13.0. The number of benzene rings is 1. The van der Waals surface area contributed by atoms with Crippen LogP contribution in [0.2, 0.25) is 0 Å². The zero-order valence-corrected chi connectivity index (χ0v) is 15.9. The Morgan fingerprint density at radius 1 is 1.07 bits per heavy atom. The maximum absolute atomic E-state index is 13.0. The van der Waals surface area contributed by atoms with Crippen LogP contribution in [0.25, 0.3) is 6.08 Å². The molecule has 0 saturated carbocycles. The van der Waals surface area contributed by atoms with Gasteiger partial charge in [0, 0.05) is 44.0 Å². The number of amides is 1. The Balaban J connectivity index is 1.34. The van der Waals surface area contributed by atoms with Gasteiger partial charge >= 0.3 is 0 Å². The molecule has 0 N–H and O–H groups in total. The van der Waals surface area contributed by atoms with E-state index in [2.05, 4.69) is 51.3 Å². The van der Waals surface area contributed by atoms with Crippen LogP contribution < -0.4 is 0 Å². The molecule has 1 amide bonds. The third kappa shape index (κ3) is 4.08. The van der Waals surface area contributed by atoms with Gasteiger partial charge in [-0.05, 0) is 31.7 Å². The molecule has 1 aliphatic carbocycles. The number of rotatable bonds is 4. The molecule has 2 heterocycles. The van der Waals surface area contributed by atoms with E-state index >= 15 is 0 Å². The number of carbonyl (C=O) groups is 1. The van der Waals surface area contributed by atoms with E-state index in [1.54, 1.807) is 0 Å². The van der Waals surface area contributed by atoms with E-state index in [0.29, 0.717) is 11.5 Å². The summed E-state index contributed by atoms with van der Waals surface area (Å²) in [6.07, 6.45) is 7.34. The molecular weight excluding hydrogens is 336 g/mol. The van der Waals surface area contributed by atoms with Crippen molar-refractivity contribution in [3.63, 3.8) is 0 Å². The predicted octanol–water partition coefficient (Wildman–Crippen LogP) is 2.74. The Kier molecular flexibility index (Phi) is 5.30. The van der Waals surface area contributed by atoms with Crippen LogP contribution in [0.3, 0.4) is 0 Å². The second-order valence-corrected chi connectivity index (χ2v) is 7.30. The lowest BCUT2D eigenvalue weighted by Gasteiger charge is -2.34. The molecule has 0 atom stereocenters. The molecule has 2 aromatic rings. The topological polar surface area (TPSA) is 49.3 Å². The highest BCUT2D eigenvalue weighted by atomic mass is 16.2. The Morgan fingerprint density at radius 3 is 2.63 bits per heavy atom. The highest BCUT2D eigenvalue weighted by molar-refractivity contribution is 5.94. The van der Waals surface area contributed by atoms with Crippen LogP contribution >= 0.6 is 0 Å². The largest absolute Gasteiger partial charge is 0.335 e. The Bertz CT molecular complexity index is 839. The first-order valence-electron chi connectivity index (χ1n) is 9.80. The summed E-state index contributed by atoms with van der Waals surface area (Å²) in [6.45, 7) is 6.12. The van der Waals surface area contributed by atoms with Crippen LogP contribution in [-0.2, 0) is 12.8 Å². The summed E-state index contributed by atoms with van der Waals surface area (Å²) >= 11 is 0. The van der Waals surface area contributed by atoms with Crippen LogP contribution in [0.5, 0.6) is 0 Å². The smallest absolute Gasteiger partial charge is 0.272 e. The number of aryl methyl sites for hydroxylation is 2. The molecule has 27 heavy (non-hydrogen) atoms. The van der Waals surface area contributed by atoms with E-state index in [1.165, 1.54) is 5.56 Å². The maximum Gasteiger partial charge on any atom is 0.272 e. The normalized spacial score (nSPS) is 17.4. The average molecular weight is 362 g/mol. The van der Waals surface area contributed by atoms with Gasteiger partial charge in [-0.25, -0.2) is 9.97 Å². The van der Waals surface area contributed by atoms with E-state index in [4.69, 9.17) is 0 Å². The number of carbonyl (C=O) groups excluding carboxylic acids is 1. The van der Waals surface area contributed by atoms with Crippen LogP contribution in [0.1, 0.15) is 39.6 Å². The minimum Gasteiger partial charge on any atom is -0.335 e. The number of nitrogens with zero attached hydrogens (tertiary/aromatic N) is 4. The number of hydrogen-bond donors (Lipinski definition) is 0. The number of hydrogen-bond acceptors (Lipinski definition) is 4. The fourth-order valence-electron chi connectivity index (χ4n) is 3.92. The van der Waals surface area contributed by atoms with Gasteiger partial charge in [0.1, 0.15) is 11.5 Å². The van der Waals surface area contributed by atoms with Crippen molar-refractivity contribution in [2.45, 2.75) is 26.2 Å². The van der Waals surface area contributed by atoms with Crippen LogP contribution in [0, 0.1) is 6.92 Å². The molecule has 5 heteroatoms. The third-order valence-corrected chi connectivity index (χ3v) is 5.38. The second-order valence-electron chi connectivity index (χ2n) is 7.30. The van der Waals surface area contributed by atoms with Crippen molar-refractivity contribution < 1.29 is 4.79 Å². The van der Waals surface area contributed by atoms with Crippen molar-refractivity contribution >= 4 is 12.0 Å². The summed E-state index contributed by atoms with van der Waals surface area (Å²) < 4.78 is 0. The molecule has 1 saturated heterocycles. The van der Waals surface area contributed by atoms with Gasteiger partial charge in [-0.15, -0.1) is 0 Å². The van der Waals surface area contributed by atoms with Gasteiger partial charge in [0.15, 0.2) is 0 Å². The van der Waals surface area contributed by atoms with Crippen LogP contribution in [0.4, 0.5) is 0 Å². The Morgan fingerprint density at radius 2 is 1.85 bits per heavy atom. The predicted molar refractivity (Wildman–Crippen MR) is 107 cm³/mol. The van der Waals surface area contributed by atoms with Crippen LogP contribution in [0.15, 0.2) is 36.4 Å². The molecule has 0 unspecified atom stereocenters. The molecule has 0 radical (unpaired) electrons. The molecule has 1 fully saturated rings. The molecule has 0 spiro atoms. The first-order chi connectivity index (χ1) is 13.2. The molecule has 140 valence electrons. The van der Waals surface area contributed by atoms with E-state index in [0.717, 1.165) is 63.2 Å². The lowest BCUT2D eigenvalue weighted by molar-refractivity contribution is 0.0643. The number of aromatic nitrogens is 2. The standard InChI is InChI=1S/C22H26N4O/c1-17-23-20-11-5-10-19(20)21(24-17)22(27)26-15-13-25(14-16-26)12-6-9-18-7-3-2-4-8-18/h2-4,6-9H,5,10-16H2,1H3/b9-6+. The van der Waals surface area contributed by atoms with Crippen molar-refractivity contribution in [1.82, 2.24) is 19.8 Å². The quantitative estimate of drug-likeness (QED) is 0.839. The van der Waals surface area contributed by atoms with Crippen molar-refractivity contribution in [2.75, 3.05) is 32.7 Å². The number of fused-ring (bicyclic) bond motifs is 1. The molecule has 5 nitrogen and oxygen atoms in total. The van der Waals surface area contributed by atoms with Crippen molar-refractivity contribution in [2.24, 2.45) is 0 Å². The minimum atomic E-state index is 0.0816. The highest BCUT2D eigenvalue weighted by Gasteiger charge is 2.28. The van der Waals surface area contributed by atoms with Crippen molar-refractivity contribution in [1.29, 1.82) is 0 Å². The monoisotopic (exact) mass is 362 g/mol. The Hall–Kier alpha value is -2.53. The molecule has 4 rings (SSSR count). The molecule has 1 aliphatic heterocycles. The van der Waals surface area contributed by atoms with Gasteiger partial charge in [0.05, 0.1) is 0 Å². The highest BCUT2D eigenvalue weighted by Crippen LogP contribution is 2.24. The fraction of sp³-hybridized carbons (Fsp3) is 0.409.